The number of amides is 1. The summed E-state index contributed by atoms with van der Waals surface area (Å²) in [5.74, 6) is 1.54. The highest BCUT2D eigenvalue weighted by Gasteiger charge is 2.32. The molecule has 1 aromatic carbocycles. The second-order valence-electron chi connectivity index (χ2n) is 6.97. The van der Waals surface area contributed by atoms with Crippen LogP contribution in [0.25, 0.3) is 11.0 Å². The van der Waals surface area contributed by atoms with Gasteiger partial charge in [-0.1, -0.05) is 11.6 Å². The predicted octanol–water partition coefficient (Wildman–Crippen LogP) is 2.67. The van der Waals surface area contributed by atoms with Gasteiger partial charge in [0.2, 0.25) is 5.91 Å². The average Bonchev–Trinajstić information content (AvgIpc) is 3.29. The molecule has 2 saturated heterocycles. The quantitative estimate of drug-likeness (QED) is 0.858. The van der Waals surface area contributed by atoms with E-state index in [9.17, 15) is 4.79 Å². The van der Waals surface area contributed by atoms with Gasteiger partial charge in [-0.25, -0.2) is 4.98 Å². The van der Waals surface area contributed by atoms with Crippen molar-refractivity contribution in [1.82, 2.24) is 19.4 Å². The summed E-state index contributed by atoms with van der Waals surface area (Å²) in [6, 6.07) is 5.82. The number of hydrogen-bond acceptors (Lipinski definition) is 3. The van der Waals surface area contributed by atoms with Crippen LogP contribution in [0, 0.1) is 5.92 Å². The third-order valence-corrected chi connectivity index (χ3v) is 5.57. The molecule has 2 aliphatic rings. The minimum atomic E-state index is 0.159. The zero-order valence-corrected chi connectivity index (χ0v) is 14.8. The zero-order valence-electron chi connectivity index (χ0n) is 14.0. The van der Waals surface area contributed by atoms with Crippen LogP contribution in [0.1, 0.15) is 25.1 Å². The van der Waals surface area contributed by atoms with Crippen molar-refractivity contribution in [2.75, 3.05) is 26.2 Å². The van der Waals surface area contributed by atoms with Gasteiger partial charge in [0.1, 0.15) is 5.82 Å². The number of imidazole rings is 1. The average molecular weight is 347 g/mol. The molecule has 24 heavy (non-hydrogen) atoms. The van der Waals surface area contributed by atoms with Crippen molar-refractivity contribution in [3.05, 3.63) is 29.0 Å². The van der Waals surface area contributed by atoms with Crippen molar-refractivity contribution in [3.8, 4) is 0 Å². The molecule has 2 aromatic rings. The molecule has 6 heteroatoms. The maximum atomic E-state index is 12.6. The largest absolute Gasteiger partial charge is 0.342 e. The van der Waals surface area contributed by atoms with Gasteiger partial charge in [0.05, 0.1) is 23.5 Å². The summed E-state index contributed by atoms with van der Waals surface area (Å²) in [7, 11) is 2.04. The first kappa shape index (κ1) is 15.9. The minimum Gasteiger partial charge on any atom is -0.342 e. The van der Waals surface area contributed by atoms with Crippen molar-refractivity contribution in [1.29, 1.82) is 0 Å². The highest BCUT2D eigenvalue weighted by molar-refractivity contribution is 6.31. The first-order valence-electron chi connectivity index (χ1n) is 8.74. The van der Waals surface area contributed by atoms with Gasteiger partial charge in [0, 0.05) is 31.7 Å². The van der Waals surface area contributed by atoms with Crippen LogP contribution in [0.5, 0.6) is 0 Å². The second kappa shape index (κ2) is 6.37. The van der Waals surface area contributed by atoms with Crippen LogP contribution in [-0.2, 0) is 18.4 Å². The highest BCUT2D eigenvalue weighted by Crippen LogP contribution is 2.24. The lowest BCUT2D eigenvalue weighted by atomic mass is 10.1. The molecule has 0 aliphatic carbocycles. The first-order chi connectivity index (χ1) is 11.6. The summed E-state index contributed by atoms with van der Waals surface area (Å²) in [4.78, 5) is 21.7. The van der Waals surface area contributed by atoms with Gasteiger partial charge in [-0.05, 0) is 44.0 Å². The van der Waals surface area contributed by atoms with Crippen LogP contribution in [0.3, 0.4) is 0 Å². The van der Waals surface area contributed by atoms with E-state index in [1.807, 2.05) is 30.1 Å². The molecule has 0 saturated carbocycles. The van der Waals surface area contributed by atoms with E-state index in [4.69, 9.17) is 16.6 Å². The van der Waals surface area contributed by atoms with Crippen LogP contribution in [0.2, 0.25) is 5.02 Å². The molecule has 1 unspecified atom stereocenters. The Balaban J connectivity index is 1.45. The summed E-state index contributed by atoms with van der Waals surface area (Å²) in [6.07, 6.45) is 3.28. The minimum absolute atomic E-state index is 0.159. The molecule has 128 valence electrons. The fourth-order valence-corrected chi connectivity index (χ4v) is 4.10. The van der Waals surface area contributed by atoms with Crippen molar-refractivity contribution in [2.24, 2.45) is 13.0 Å². The molecule has 0 radical (unpaired) electrons. The zero-order chi connectivity index (χ0) is 16.7. The third-order valence-electron chi connectivity index (χ3n) is 5.34. The van der Waals surface area contributed by atoms with Crippen LogP contribution < -0.4 is 0 Å². The maximum absolute atomic E-state index is 12.6. The molecule has 3 heterocycles. The molecule has 0 spiro atoms. The van der Waals surface area contributed by atoms with Gasteiger partial charge in [-0.2, -0.15) is 0 Å². The van der Waals surface area contributed by atoms with Gasteiger partial charge in [-0.3, -0.25) is 9.69 Å². The Bertz CT molecular complexity index is 766. The number of halogens is 1. The lowest BCUT2D eigenvalue weighted by molar-refractivity contribution is -0.134. The number of fused-ring (bicyclic) bond motifs is 1. The van der Waals surface area contributed by atoms with E-state index >= 15 is 0 Å². The number of nitrogens with zero attached hydrogens (tertiary/aromatic N) is 4. The number of carbonyl (C=O) groups excluding carboxylic acids is 1. The number of likely N-dealkylation sites (tertiary alicyclic amines) is 2. The monoisotopic (exact) mass is 346 g/mol. The molecule has 1 atom stereocenters. The second-order valence-corrected chi connectivity index (χ2v) is 7.41. The van der Waals surface area contributed by atoms with Crippen LogP contribution in [-0.4, -0.2) is 51.4 Å². The van der Waals surface area contributed by atoms with Crippen LogP contribution >= 0.6 is 11.6 Å². The van der Waals surface area contributed by atoms with E-state index in [1.165, 1.54) is 0 Å². The van der Waals surface area contributed by atoms with E-state index in [0.29, 0.717) is 10.9 Å². The van der Waals surface area contributed by atoms with Crippen LogP contribution in [0.4, 0.5) is 0 Å². The Morgan fingerprint density at radius 3 is 2.88 bits per heavy atom. The Morgan fingerprint density at radius 2 is 2.08 bits per heavy atom. The third kappa shape index (κ3) is 2.91. The summed E-state index contributed by atoms with van der Waals surface area (Å²) in [5.41, 5.74) is 2.03. The normalized spacial score (nSPS) is 21.9. The number of rotatable bonds is 3. The highest BCUT2D eigenvalue weighted by atomic mass is 35.5. The fourth-order valence-electron chi connectivity index (χ4n) is 3.94. The topological polar surface area (TPSA) is 41.4 Å². The lowest BCUT2D eigenvalue weighted by Gasteiger charge is -2.20. The van der Waals surface area contributed by atoms with Gasteiger partial charge in [0.15, 0.2) is 0 Å². The molecule has 1 aromatic heterocycles. The predicted molar refractivity (Wildman–Crippen MR) is 94.9 cm³/mol. The molecule has 0 N–H and O–H groups in total. The molecule has 2 fully saturated rings. The summed E-state index contributed by atoms with van der Waals surface area (Å²) in [5, 5.41) is 0.713. The SMILES string of the molecule is Cn1c(CN2CCC(C(=O)N3CCCC3)C2)nc2cc(Cl)ccc21. The molecule has 1 amide bonds. The van der Waals surface area contributed by atoms with Crippen LogP contribution in [0.15, 0.2) is 18.2 Å². The standard InChI is InChI=1S/C18H23ClN4O/c1-21-16-5-4-14(19)10-15(16)20-17(21)12-22-9-6-13(11-22)18(24)23-7-2-3-8-23/h4-5,10,13H,2-3,6-9,11-12H2,1H3. The molecule has 4 rings (SSSR count). The number of aromatic nitrogens is 2. The van der Waals surface area contributed by atoms with Gasteiger partial charge in [-0.15, -0.1) is 0 Å². The summed E-state index contributed by atoms with van der Waals surface area (Å²) < 4.78 is 2.13. The van der Waals surface area contributed by atoms with E-state index in [-0.39, 0.29) is 5.92 Å². The Morgan fingerprint density at radius 1 is 1.29 bits per heavy atom. The van der Waals surface area contributed by atoms with Gasteiger partial charge >= 0.3 is 0 Å². The summed E-state index contributed by atoms with van der Waals surface area (Å²) in [6.45, 7) is 4.49. The Hall–Kier alpha value is -1.59. The first-order valence-corrected chi connectivity index (χ1v) is 9.11. The molecular formula is C18H23ClN4O. The molecular weight excluding hydrogens is 324 g/mol. The Kier molecular flexibility index (Phi) is 4.22. The van der Waals surface area contributed by atoms with E-state index < -0.39 is 0 Å². The van der Waals surface area contributed by atoms with E-state index in [2.05, 4.69) is 9.47 Å². The number of benzene rings is 1. The van der Waals surface area contributed by atoms with Crippen molar-refractivity contribution >= 4 is 28.5 Å². The van der Waals surface area contributed by atoms with Crippen molar-refractivity contribution < 1.29 is 4.79 Å². The maximum Gasteiger partial charge on any atom is 0.227 e. The van der Waals surface area contributed by atoms with E-state index in [1.54, 1.807) is 0 Å². The van der Waals surface area contributed by atoms with Crippen molar-refractivity contribution in [3.63, 3.8) is 0 Å². The fraction of sp³-hybridized carbons (Fsp3) is 0.556. The molecule has 5 nitrogen and oxygen atoms in total. The molecule has 2 aliphatic heterocycles. The number of aryl methyl sites for hydroxylation is 1. The lowest BCUT2D eigenvalue weighted by Crippen LogP contribution is -2.35. The van der Waals surface area contributed by atoms with E-state index in [0.717, 1.165) is 68.8 Å². The number of hydrogen-bond donors (Lipinski definition) is 0. The smallest absolute Gasteiger partial charge is 0.227 e. The molecule has 0 bridgehead atoms. The van der Waals surface area contributed by atoms with Crippen molar-refractivity contribution in [2.45, 2.75) is 25.8 Å². The number of carbonyl (C=O) groups is 1. The van der Waals surface area contributed by atoms with Gasteiger partial charge < -0.3 is 9.47 Å². The summed E-state index contributed by atoms with van der Waals surface area (Å²) >= 11 is 6.06. The Labute approximate surface area is 147 Å². The van der Waals surface area contributed by atoms with Gasteiger partial charge in [0.25, 0.3) is 0 Å².